The fraction of sp³-hybridized carbons (Fsp3) is 0.429. The van der Waals surface area contributed by atoms with Crippen LogP contribution in [-0.2, 0) is 4.79 Å². The van der Waals surface area contributed by atoms with Crippen LogP contribution in [0, 0.1) is 22.6 Å². The lowest BCUT2D eigenvalue weighted by molar-refractivity contribution is -0.124. The topological polar surface area (TPSA) is 78.9 Å². The van der Waals surface area contributed by atoms with Crippen LogP contribution in [0.5, 0.6) is 0 Å². The number of amides is 1. The summed E-state index contributed by atoms with van der Waals surface area (Å²) in [6, 6.07) is 5.72. The minimum absolute atomic E-state index is 0.0778. The second kappa shape index (κ2) is 5.37. The van der Waals surface area contributed by atoms with Gasteiger partial charge in [0.25, 0.3) is 0 Å². The number of nitrogens with one attached hydrogen (secondary N) is 1. The molecule has 100 valence electrons. The van der Waals surface area contributed by atoms with E-state index in [0.29, 0.717) is 12.2 Å². The summed E-state index contributed by atoms with van der Waals surface area (Å²) in [4.78, 5) is 12.3. The SMILES string of the molecule is N#Cc1cc(NC(=O)C2(CN)CCCC2)ccc1F. The lowest BCUT2D eigenvalue weighted by atomic mass is 9.85. The summed E-state index contributed by atoms with van der Waals surface area (Å²) in [7, 11) is 0. The van der Waals surface area contributed by atoms with Gasteiger partial charge in [-0.2, -0.15) is 5.26 Å². The molecule has 1 aromatic carbocycles. The van der Waals surface area contributed by atoms with Crippen LogP contribution in [0.15, 0.2) is 18.2 Å². The maximum atomic E-state index is 13.2. The Morgan fingerprint density at radius 1 is 1.47 bits per heavy atom. The molecule has 0 spiro atoms. The van der Waals surface area contributed by atoms with Gasteiger partial charge < -0.3 is 11.1 Å². The molecule has 0 unspecified atom stereocenters. The molecule has 0 bridgehead atoms. The number of anilines is 1. The number of benzene rings is 1. The molecule has 2 rings (SSSR count). The van der Waals surface area contributed by atoms with Gasteiger partial charge in [0.05, 0.1) is 11.0 Å². The Bertz CT molecular complexity index is 530. The summed E-state index contributed by atoms with van der Waals surface area (Å²) in [6.45, 7) is 0.311. The number of carbonyl (C=O) groups excluding carboxylic acids is 1. The first kappa shape index (κ1) is 13.5. The monoisotopic (exact) mass is 261 g/mol. The second-order valence-electron chi connectivity index (χ2n) is 4.95. The summed E-state index contributed by atoms with van der Waals surface area (Å²) in [6.07, 6.45) is 3.55. The Balaban J connectivity index is 2.17. The summed E-state index contributed by atoms with van der Waals surface area (Å²) >= 11 is 0. The van der Waals surface area contributed by atoms with Crippen LogP contribution in [0.2, 0.25) is 0 Å². The van der Waals surface area contributed by atoms with E-state index in [1.54, 1.807) is 6.07 Å². The zero-order valence-corrected chi connectivity index (χ0v) is 10.6. The molecule has 0 heterocycles. The van der Waals surface area contributed by atoms with Gasteiger partial charge >= 0.3 is 0 Å². The molecule has 1 amide bonds. The Hall–Kier alpha value is -1.93. The van der Waals surface area contributed by atoms with Crippen molar-refractivity contribution in [3.63, 3.8) is 0 Å². The molecule has 1 saturated carbocycles. The average molecular weight is 261 g/mol. The molecule has 19 heavy (non-hydrogen) atoms. The minimum Gasteiger partial charge on any atom is -0.329 e. The van der Waals surface area contributed by atoms with Crippen LogP contribution in [0.1, 0.15) is 31.2 Å². The van der Waals surface area contributed by atoms with Gasteiger partial charge in [0, 0.05) is 12.2 Å². The first-order valence-electron chi connectivity index (χ1n) is 6.32. The number of nitrogens with two attached hydrogens (primary N) is 1. The van der Waals surface area contributed by atoms with E-state index in [-0.39, 0.29) is 11.5 Å². The summed E-state index contributed by atoms with van der Waals surface area (Å²) in [5.74, 6) is -0.724. The van der Waals surface area contributed by atoms with Crippen molar-refractivity contribution in [3.05, 3.63) is 29.6 Å². The lowest BCUT2D eigenvalue weighted by Crippen LogP contribution is -2.40. The van der Waals surface area contributed by atoms with Crippen molar-refractivity contribution >= 4 is 11.6 Å². The van der Waals surface area contributed by atoms with Crippen LogP contribution >= 0.6 is 0 Å². The number of hydrogen-bond acceptors (Lipinski definition) is 3. The lowest BCUT2D eigenvalue weighted by Gasteiger charge is -2.25. The van der Waals surface area contributed by atoms with Gasteiger partial charge in [-0.05, 0) is 31.0 Å². The van der Waals surface area contributed by atoms with E-state index >= 15 is 0 Å². The van der Waals surface area contributed by atoms with Crippen LogP contribution in [0.25, 0.3) is 0 Å². The third-order valence-electron chi connectivity index (χ3n) is 3.78. The molecule has 1 aliphatic carbocycles. The van der Waals surface area contributed by atoms with Crippen LogP contribution < -0.4 is 11.1 Å². The number of carbonyl (C=O) groups is 1. The van der Waals surface area contributed by atoms with Gasteiger partial charge in [-0.1, -0.05) is 12.8 Å². The first-order chi connectivity index (χ1) is 9.11. The Morgan fingerprint density at radius 2 is 2.16 bits per heavy atom. The van der Waals surface area contributed by atoms with E-state index in [9.17, 15) is 9.18 Å². The number of hydrogen-bond donors (Lipinski definition) is 2. The van der Waals surface area contributed by atoms with Gasteiger partial charge in [-0.15, -0.1) is 0 Å². The van der Waals surface area contributed by atoms with E-state index < -0.39 is 11.2 Å². The first-order valence-corrected chi connectivity index (χ1v) is 6.32. The van der Waals surface area contributed by atoms with Gasteiger partial charge in [-0.25, -0.2) is 4.39 Å². The van der Waals surface area contributed by atoms with Crippen molar-refractivity contribution in [2.75, 3.05) is 11.9 Å². The quantitative estimate of drug-likeness (QED) is 0.875. The molecule has 0 aromatic heterocycles. The van der Waals surface area contributed by atoms with Gasteiger partial charge in [0.15, 0.2) is 0 Å². The molecular weight excluding hydrogens is 245 g/mol. The van der Waals surface area contributed by atoms with Crippen molar-refractivity contribution in [2.45, 2.75) is 25.7 Å². The highest BCUT2D eigenvalue weighted by molar-refractivity contribution is 5.95. The van der Waals surface area contributed by atoms with E-state index in [1.165, 1.54) is 18.2 Å². The molecule has 1 fully saturated rings. The predicted octanol–water partition coefficient (Wildman–Crippen LogP) is 2.15. The third kappa shape index (κ3) is 2.59. The Labute approximate surface area is 111 Å². The Kier molecular flexibility index (Phi) is 3.82. The maximum absolute atomic E-state index is 13.2. The molecule has 0 saturated heterocycles. The van der Waals surface area contributed by atoms with E-state index in [4.69, 9.17) is 11.0 Å². The van der Waals surface area contributed by atoms with Crippen molar-refractivity contribution in [2.24, 2.45) is 11.1 Å². The van der Waals surface area contributed by atoms with Crippen molar-refractivity contribution in [1.29, 1.82) is 5.26 Å². The summed E-state index contributed by atoms with van der Waals surface area (Å²) in [5, 5.41) is 11.5. The van der Waals surface area contributed by atoms with Crippen molar-refractivity contribution in [1.82, 2.24) is 0 Å². The highest BCUT2D eigenvalue weighted by Crippen LogP contribution is 2.38. The standard InChI is InChI=1S/C14H16FN3O/c15-12-4-3-11(7-10(12)8-16)18-13(19)14(9-17)5-1-2-6-14/h3-4,7H,1-2,5-6,9,17H2,(H,18,19). The second-order valence-corrected chi connectivity index (χ2v) is 4.95. The van der Waals surface area contributed by atoms with E-state index in [1.807, 2.05) is 0 Å². The number of nitrogens with zero attached hydrogens (tertiary/aromatic N) is 1. The largest absolute Gasteiger partial charge is 0.329 e. The molecule has 0 atom stereocenters. The molecule has 3 N–H and O–H groups in total. The highest BCUT2D eigenvalue weighted by Gasteiger charge is 2.39. The van der Waals surface area contributed by atoms with E-state index in [2.05, 4.69) is 5.32 Å². The summed E-state index contributed by atoms with van der Waals surface area (Å²) in [5.41, 5.74) is 5.57. The predicted molar refractivity (Wildman–Crippen MR) is 69.7 cm³/mol. The van der Waals surface area contributed by atoms with Gasteiger partial charge in [0.1, 0.15) is 11.9 Å². The molecule has 1 aliphatic rings. The zero-order chi connectivity index (χ0) is 13.9. The maximum Gasteiger partial charge on any atom is 0.231 e. The number of rotatable bonds is 3. The molecule has 4 nitrogen and oxygen atoms in total. The number of halogens is 1. The fourth-order valence-corrected chi connectivity index (χ4v) is 2.53. The van der Waals surface area contributed by atoms with Crippen molar-refractivity contribution < 1.29 is 9.18 Å². The normalized spacial score (nSPS) is 16.9. The highest BCUT2D eigenvalue weighted by atomic mass is 19.1. The van der Waals surface area contributed by atoms with Gasteiger partial charge in [-0.3, -0.25) is 4.79 Å². The molecule has 0 aliphatic heterocycles. The van der Waals surface area contributed by atoms with Crippen LogP contribution in [0.3, 0.4) is 0 Å². The minimum atomic E-state index is -0.588. The van der Waals surface area contributed by atoms with Crippen LogP contribution in [-0.4, -0.2) is 12.5 Å². The fourth-order valence-electron chi connectivity index (χ4n) is 2.53. The zero-order valence-electron chi connectivity index (χ0n) is 10.6. The Morgan fingerprint density at radius 3 is 2.74 bits per heavy atom. The average Bonchev–Trinajstić information content (AvgIpc) is 2.91. The molecule has 5 heteroatoms. The van der Waals surface area contributed by atoms with Gasteiger partial charge in [0.2, 0.25) is 5.91 Å². The molecular formula is C14H16FN3O. The molecule has 1 aromatic rings. The van der Waals surface area contributed by atoms with Crippen molar-refractivity contribution in [3.8, 4) is 6.07 Å². The van der Waals surface area contributed by atoms with E-state index in [0.717, 1.165) is 25.7 Å². The summed E-state index contributed by atoms with van der Waals surface area (Å²) < 4.78 is 13.2. The molecule has 0 radical (unpaired) electrons. The number of nitriles is 1. The third-order valence-corrected chi connectivity index (χ3v) is 3.78. The van der Waals surface area contributed by atoms with Crippen LogP contribution in [0.4, 0.5) is 10.1 Å². The smallest absolute Gasteiger partial charge is 0.231 e.